The van der Waals surface area contributed by atoms with Gasteiger partial charge in [0.1, 0.15) is 0 Å². The normalized spacial score (nSPS) is 29.5. The van der Waals surface area contributed by atoms with Crippen LogP contribution in [0.3, 0.4) is 0 Å². The zero-order valence-electron chi connectivity index (χ0n) is 10.7. The molecule has 2 bridgehead atoms. The van der Waals surface area contributed by atoms with Gasteiger partial charge in [-0.15, -0.1) is 0 Å². The van der Waals surface area contributed by atoms with E-state index in [0.29, 0.717) is 11.3 Å². The number of hydrogen-bond acceptors (Lipinski definition) is 4. The highest BCUT2D eigenvalue weighted by Crippen LogP contribution is 2.42. The van der Waals surface area contributed by atoms with Crippen molar-refractivity contribution in [3.8, 4) is 0 Å². The van der Waals surface area contributed by atoms with E-state index in [4.69, 9.17) is 11.5 Å². The van der Waals surface area contributed by atoms with Crippen LogP contribution in [0, 0.1) is 0 Å². The predicted octanol–water partition coefficient (Wildman–Crippen LogP) is 0.860. The van der Waals surface area contributed by atoms with Crippen molar-refractivity contribution in [3.63, 3.8) is 0 Å². The second kappa shape index (κ2) is 4.42. The molecule has 5 heteroatoms. The molecule has 0 aromatic heterocycles. The fourth-order valence-electron chi connectivity index (χ4n) is 3.56. The van der Waals surface area contributed by atoms with Gasteiger partial charge in [-0.2, -0.15) is 0 Å². The summed E-state index contributed by atoms with van der Waals surface area (Å²) in [7, 11) is 0. The van der Waals surface area contributed by atoms with Crippen LogP contribution in [0.1, 0.15) is 36.0 Å². The topological polar surface area (TPSA) is 92.6 Å². The lowest BCUT2D eigenvalue weighted by Gasteiger charge is -2.40. The van der Waals surface area contributed by atoms with Crippen molar-refractivity contribution < 1.29 is 9.90 Å². The summed E-state index contributed by atoms with van der Waals surface area (Å²) in [5, 5.41) is 9.85. The molecule has 1 aromatic carbocycles. The monoisotopic (exact) mass is 261 g/mol. The standard InChI is InChI=1S/C14H19N3O2/c15-12-3-1-2-11(14(16)19)13(12)17-8-4-5-9(17)7-10(18)6-8/h1-3,8-10,18H,4-7,15H2,(H2,16,19). The van der Waals surface area contributed by atoms with Gasteiger partial charge in [-0.3, -0.25) is 4.79 Å². The summed E-state index contributed by atoms with van der Waals surface area (Å²) >= 11 is 0. The van der Waals surface area contributed by atoms with Crippen molar-refractivity contribution in [3.05, 3.63) is 23.8 Å². The molecule has 2 fully saturated rings. The van der Waals surface area contributed by atoms with Gasteiger partial charge in [-0.1, -0.05) is 6.07 Å². The van der Waals surface area contributed by atoms with E-state index in [-0.39, 0.29) is 18.2 Å². The van der Waals surface area contributed by atoms with Crippen molar-refractivity contribution in [1.29, 1.82) is 0 Å². The molecule has 5 nitrogen and oxygen atoms in total. The molecular formula is C14H19N3O2. The highest BCUT2D eigenvalue weighted by Gasteiger charge is 2.41. The molecule has 0 spiro atoms. The molecule has 1 amide bonds. The lowest BCUT2D eigenvalue weighted by Crippen LogP contribution is -2.45. The summed E-state index contributed by atoms with van der Waals surface area (Å²) in [4.78, 5) is 13.8. The molecule has 2 atom stereocenters. The number of amides is 1. The maximum Gasteiger partial charge on any atom is 0.250 e. The molecule has 2 aliphatic heterocycles. The van der Waals surface area contributed by atoms with E-state index in [1.165, 1.54) is 0 Å². The van der Waals surface area contributed by atoms with Crippen LogP contribution in [-0.4, -0.2) is 29.2 Å². The number of aliphatic hydroxyl groups excluding tert-OH is 1. The van der Waals surface area contributed by atoms with Crippen molar-refractivity contribution in [2.45, 2.75) is 43.9 Å². The first kappa shape index (κ1) is 12.3. The maximum absolute atomic E-state index is 11.6. The van der Waals surface area contributed by atoms with Gasteiger partial charge in [0.25, 0.3) is 5.91 Å². The smallest absolute Gasteiger partial charge is 0.250 e. The lowest BCUT2D eigenvalue weighted by atomic mass is 9.97. The van der Waals surface area contributed by atoms with Gasteiger partial charge in [0, 0.05) is 12.1 Å². The number of benzene rings is 1. The van der Waals surface area contributed by atoms with Crippen LogP contribution < -0.4 is 16.4 Å². The first-order valence-electron chi connectivity index (χ1n) is 6.72. The minimum absolute atomic E-state index is 0.240. The summed E-state index contributed by atoms with van der Waals surface area (Å²) in [6, 6.07) is 5.79. The zero-order valence-corrected chi connectivity index (χ0v) is 10.7. The molecule has 19 heavy (non-hydrogen) atoms. The third-order valence-corrected chi connectivity index (χ3v) is 4.30. The van der Waals surface area contributed by atoms with Gasteiger partial charge in [0.05, 0.1) is 23.0 Å². The van der Waals surface area contributed by atoms with Crippen LogP contribution in [-0.2, 0) is 0 Å². The number of nitrogens with two attached hydrogens (primary N) is 2. The van der Waals surface area contributed by atoms with Gasteiger partial charge in [-0.05, 0) is 37.8 Å². The van der Waals surface area contributed by atoms with E-state index in [9.17, 15) is 9.90 Å². The average molecular weight is 261 g/mol. The molecule has 0 aliphatic carbocycles. The Kier molecular flexibility index (Phi) is 2.86. The fraction of sp³-hybridized carbons (Fsp3) is 0.500. The number of anilines is 2. The minimum Gasteiger partial charge on any atom is -0.397 e. The van der Waals surface area contributed by atoms with Crippen LogP contribution in [0.5, 0.6) is 0 Å². The van der Waals surface area contributed by atoms with Crippen molar-refractivity contribution in [2.24, 2.45) is 5.73 Å². The van der Waals surface area contributed by atoms with Crippen LogP contribution in [0.4, 0.5) is 11.4 Å². The predicted molar refractivity (Wildman–Crippen MR) is 73.9 cm³/mol. The number of nitrogen functional groups attached to an aromatic ring is 1. The first-order valence-corrected chi connectivity index (χ1v) is 6.72. The van der Waals surface area contributed by atoms with Gasteiger partial charge >= 0.3 is 0 Å². The van der Waals surface area contributed by atoms with E-state index in [1.54, 1.807) is 18.2 Å². The molecular weight excluding hydrogens is 242 g/mol. The highest BCUT2D eigenvalue weighted by molar-refractivity contribution is 6.01. The van der Waals surface area contributed by atoms with Crippen LogP contribution in [0.15, 0.2) is 18.2 Å². The van der Waals surface area contributed by atoms with Gasteiger partial charge in [0.2, 0.25) is 0 Å². The number of nitrogens with zero attached hydrogens (tertiary/aromatic N) is 1. The minimum atomic E-state index is -0.451. The number of aliphatic hydroxyl groups is 1. The van der Waals surface area contributed by atoms with Gasteiger partial charge in [-0.25, -0.2) is 0 Å². The van der Waals surface area contributed by atoms with Crippen LogP contribution >= 0.6 is 0 Å². The van der Waals surface area contributed by atoms with Crippen LogP contribution in [0.25, 0.3) is 0 Å². The molecule has 0 radical (unpaired) electrons. The number of rotatable bonds is 2. The van der Waals surface area contributed by atoms with Crippen molar-refractivity contribution in [2.75, 3.05) is 10.6 Å². The summed E-state index contributed by atoms with van der Waals surface area (Å²) < 4.78 is 0. The van der Waals surface area contributed by atoms with Gasteiger partial charge in [0.15, 0.2) is 0 Å². The van der Waals surface area contributed by atoms with E-state index in [1.807, 2.05) is 0 Å². The Morgan fingerprint density at radius 2 is 1.89 bits per heavy atom. The van der Waals surface area contributed by atoms with E-state index in [2.05, 4.69) is 4.90 Å². The van der Waals surface area contributed by atoms with E-state index < -0.39 is 5.91 Å². The third kappa shape index (κ3) is 1.94. The Balaban J connectivity index is 2.06. The summed E-state index contributed by atoms with van der Waals surface area (Å²) in [5.74, 6) is -0.451. The molecule has 102 valence electrons. The molecule has 0 saturated carbocycles. The summed E-state index contributed by atoms with van der Waals surface area (Å²) in [5.41, 5.74) is 13.3. The Bertz CT molecular complexity index is 503. The molecule has 2 unspecified atom stereocenters. The van der Waals surface area contributed by atoms with Crippen molar-refractivity contribution >= 4 is 17.3 Å². The number of carbonyl (C=O) groups is 1. The zero-order chi connectivity index (χ0) is 13.6. The highest BCUT2D eigenvalue weighted by atomic mass is 16.3. The molecule has 2 aliphatic rings. The molecule has 3 rings (SSSR count). The Morgan fingerprint density at radius 3 is 2.47 bits per heavy atom. The second-order valence-corrected chi connectivity index (χ2v) is 5.53. The molecule has 2 saturated heterocycles. The molecule has 2 heterocycles. The first-order chi connectivity index (χ1) is 9.08. The maximum atomic E-state index is 11.6. The summed E-state index contributed by atoms with van der Waals surface area (Å²) in [6.45, 7) is 0. The number of fused-ring (bicyclic) bond motifs is 2. The fourth-order valence-corrected chi connectivity index (χ4v) is 3.56. The number of para-hydroxylation sites is 1. The molecule has 5 N–H and O–H groups in total. The Morgan fingerprint density at radius 1 is 1.26 bits per heavy atom. The number of hydrogen-bond donors (Lipinski definition) is 3. The lowest BCUT2D eigenvalue weighted by molar-refractivity contribution is 0.1000. The van der Waals surface area contributed by atoms with E-state index in [0.717, 1.165) is 31.4 Å². The number of piperidine rings is 1. The van der Waals surface area contributed by atoms with Crippen LogP contribution in [0.2, 0.25) is 0 Å². The average Bonchev–Trinajstić information content (AvgIpc) is 2.61. The largest absolute Gasteiger partial charge is 0.397 e. The molecule has 1 aromatic rings. The summed E-state index contributed by atoms with van der Waals surface area (Å²) in [6.07, 6.45) is 3.31. The second-order valence-electron chi connectivity index (χ2n) is 5.53. The Hall–Kier alpha value is -1.75. The third-order valence-electron chi connectivity index (χ3n) is 4.30. The quantitative estimate of drug-likeness (QED) is 0.688. The number of primary amides is 1. The van der Waals surface area contributed by atoms with E-state index >= 15 is 0 Å². The SMILES string of the molecule is NC(=O)c1cccc(N)c1N1C2CCC1CC(O)C2. The van der Waals surface area contributed by atoms with Crippen molar-refractivity contribution in [1.82, 2.24) is 0 Å². The number of carbonyl (C=O) groups excluding carboxylic acids is 1. The van der Waals surface area contributed by atoms with Gasteiger partial charge < -0.3 is 21.5 Å². The Labute approximate surface area is 112 Å².